The molecule has 1 N–H and O–H groups in total. The minimum absolute atomic E-state index is 0.0392. The Balaban J connectivity index is 1.50. The van der Waals surface area contributed by atoms with E-state index in [4.69, 9.17) is 4.74 Å². The summed E-state index contributed by atoms with van der Waals surface area (Å²) in [7, 11) is 1.66. The highest BCUT2D eigenvalue weighted by Crippen LogP contribution is 2.32. The zero-order valence-electron chi connectivity index (χ0n) is 16.2. The van der Waals surface area contributed by atoms with Crippen molar-refractivity contribution in [1.29, 1.82) is 0 Å². The lowest BCUT2D eigenvalue weighted by Crippen LogP contribution is -2.45. The molecular formula is C23H27FN2O2. The number of methoxy groups -OCH3 is 1. The van der Waals surface area contributed by atoms with E-state index in [0.29, 0.717) is 6.04 Å². The molecule has 0 bridgehead atoms. The van der Waals surface area contributed by atoms with Gasteiger partial charge in [-0.2, -0.15) is 0 Å². The summed E-state index contributed by atoms with van der Waals surface area (Å²) in [6, 6.07) is 15.2. The SMILES string of the molecule is COc1ccc(CN2CC(C(=O)NC3CC3)CC(c3ccc(F)cc3)C2)cc1. The van der Waals surface area contributed by atoms with Crippen molar-refractivity contribution in [2.75, 3.05) is 20.2 Å². The van der Waals surface area contributed by atoms with Crippen molar-refractivity contribution in [2.45, 2.75) is 37.8 Å². The zero-order chi connectivity index (χ0) is 19.5. The van der Waals surface area contributed by atoms with Crippen molar-refractivity contribution in [1.82, 2.24) is 10.2 Å². The molecule has 4 nitrogen and oxygen atoms in total. The number of piperidine rings is 1. The number of halogens is 1. The van der Waals surface area contributed by atoms with Gasteiger partial charge in [-0.25, -0.2) is 4.39 Å². The lowest BCUT2D eigenvalue weighted by atomic mass is 9.84. The van der Waals surface area contributed by atoms with E-state index in [1.807, 2.05) is 24.3 Å². The van der Waals surface area contributed by atoms with Gasteiger partial charge >= 0.3 is 0 Å². The van der Waals surface area contributed by atoms with Crippen LogP contribution >= 0.6 is 0 Å². The standard InChI is InChI=1S/C23H27FN2O2/c1-28-22-10-2-16(3-11-22)13-26-14-18(17-4-6-20(24)7-5-17)12-19(15-26)23(27)25-21-8-9-21/h2-7,10-11,18-19,21H,8-9,12-15H2,1H3,(H,25,27). The Kier molecular flexibility index (Phi) is 5.62. The lowest BCUT2D eigenvalue weighted by Gasteiger charge is -2.37. The summed E-state index contributed by atoms with van der Waals surface area (Å²) in [6.45, 7) is 2.40. The number of rotatable bonds is 6. The van der Waals surface area contributed by atoms with Crippen LogP contribution in [0.5, 0.6) is 5.75 Å². The van der Waals surface area contributed by atoms with Crippen molar-refractivity contribution in [3.63, 3.8) is 0 Å². The number of ether oxygens (including phenoxy) is 1. The van der Waals surface area contributed by atoms with Crippen LogP contribution < -0.4 is 10.1 Å². The van der Waals surface area contributed by atoms with Gasteiger partial charge in [0.1, 0.15) is 11.6 Å². The van der Waals surface area contributed by atoms with E-state index in [1.165, 1.54) is 17.7 Å². The molecule has 2 aromatic rings. The molecule has 5 heteroatoms. The second-order valence-electron chi connectivity index (χ2n) is 8.01. The lowest BCUT2D eigenvalue weighted by molar-refractivity contribution is -0.127. The van der Waals surface area contributed by atoms with Crippen molar-refractivity contribution >= 4 is 5.91 Å². The first-order chi connectivity index (χ1) is 13.6. The smallest absolute Gasteiger partial charge is 0.224 e. The molecule has 0 spiro atoms. The molecular weight excluding hydrogens is 355 g/mol. The second-order valence-corrected chi connectivity index (χ2v) is 8.01. The predicted molar refractivity (Wildman–Crippen MR) is 107 cm³/mol. The minimum Gasteiger partial charge on any atom is -0.497 e. The Morgan fingerprint density at radius 2 is 1.82 bits per heavy atom. The van der Waals surface area contributed by atoms with Crippen LogP contribution in [-0.2, 0) is 11.3 Å². The van der Waals surface area contributed by atoms with E-state index < -0.39 is 0 Å². The van der Waals surface area contributed by atoms with Gasteiger partial charge in [-0.15, -0.1) is 0 Å². The fourth-order valence-corrected chi connectivity index (χ4v) is 4.02. The van der Waals surface area contributed by atoms with Gasteiger partial charge < -0.3 is 10.1 Å². The van der Waals surface area contributed by atoms with Crippen molar-refractivity contribution in [2.24, 2.45) is 5.92 Å². The first-order valence-corrected chi connectivity index (χ1v) is 10.0. The van der Waals surface area contributed by atoms with E-state index in [2.05, 4.69) is 22.3 Å². The Morgan fingerprint density at radius 3 is 2.46 bits per heavy atom. The molecule has 0 radical (unpaired) electrons. The molecule has 1 heterocycles. The summed E-state index contributed by atoms with van der Waals surface area (Å²) in [6.07, 6.45) is 2.99. The molecule has 1 amide bonds. The van der Waals surface area contributed by atoms with Gasteiger partial charge in [0.05, 0.1) is 13.0 Å². The summed E-state index contributed by atoms with van der Waals surface area (Å²) in [4.78, 5) is 15.1. The first-order valence-electron chi connectivity index (χ1n) is 10.0. The molecule has 1 aliphatic carbocycles. The quantitative estimate of drug-likeness (QED) is 0.828. The number of carbonyl (C=O) groups excluding carboxylic acids is 1. The summed E-state index contributed by atoms with van der Waals surface area (Å²) in [5, 5.41) is 3.16. The van der Waals surface area contributed by atoms with E-state index in [0.717, 1.165) is 50.2 Å². The third-order valence-corrected chi connectivity index (χ3v) is 5.73. The van der Waals surface area contributed by atoms with E-state index in [1.54, 1.807) is 7.11 Å². The van der Waals surface area contributed by atoms with Gasteiger partial charge in [-0.1, -0.05) is 24.3 Å². The van der Waals surface area contributed by atoms with Crippen LogP contribution in [0.4, 0.5) is 4.39 Å². The van der Waals surface area contributed by atoms with Crippen LogP contribution in [0.1, 0.15) is 36.3 Å². The van der Waals surface area contributed by atoms with Crippen molar-refractivity contribution in [3.8, 4) is 5.75 Å². The molecule has 1 saturated carbocycles. The fraction of sp³-hybridized carbons (Fsp3) is 0.435. The molecule has 0 aromatic heterocycles. The Hall–Kier alpha value is -2.40. The maximum Gasteiger partial charge on any atom is 0.224 e. The molecule has 2 aromatic carbocycles. The maximum absolute atomic E-state index is 13.4. The van der Waals surface area contributed by atoms with E-state index in [9.17, 15) is 9.18 Å². The largest absolute Gasteiger partial charge is 0.497 e. The Labute approximate surface area is 165 Å². The minimum atomic E-state index is -0.224. The molecule has 2 unspecified atom stereocenters. The third-order valence-electron chi connectivity index (χ3n) is 5.73. The van der Waals surface area contributed by atoms with Gasteiger partial charge in [0.2, 0.25) is 5.91 Å². The number of benzene rings is 2. The van der Waals surface area contributed by atoms with Crippen LogP contribution in [0.25, 0.3) is 0 Å². The summed E-state index contributed by atoms with van der Waals surface area (Å²) < 4.78 is 18.6. The molecule has 1 aliphatic heterocycles. The molecule has 2 aliphatic rings. The van der Waals surface area contributed by atoms with Crippen molar-refractivity contribution in [3.05, 3.63) is 65.5 Å². The number of likely N-dealkylation sites (tertiary alicyclic amines) is 1. The number of amides is 1. The van der Waals surface area contributed by atoms with Crippen LogP contribution in [0.2, 0.25) is 0 Å². The normalized spacial score (nSPS) is 22.6. The average molecular weight is 382 g/mol. The van der Waals surface area contributed by atoms with Gasteiger partial charge in [0, 0.05) is 25.7 Å². The van der Waals surface area contributed by atoms with Crippen LogP contribution in [0, 0.1) is 11.7 Å². The second kappa shape index (κ2) is 8.31. The van der Waals surface area contributed by atoms with Crippen LogP contribution in [0.15, 0.2) is 48.5 Å². The number of hydrogen-bond acceptors (Lipinski definition) is 3. The topological polar surface area (TPSA) is 41.6 Å². The molecule has 28 heavy (non-hydrogen) atoms. The number of nitrogens with one attached hydrogen (secondary N) is 1. The number of hydrogen-bond donors (Lipinski definition) is 1. The van der Waals surface area contributed by atoms with Gasteiger partial charge in [0.25, 0.3) is 0 Å². The molecule has 2 atom stereocenters. The number of nitrogens with zero attached hydrogens (tertiary/aromatic N) is 1. The third kappa shape index (κ3) is 4.71. The number of carbonyl (C=O) groups is 1. The highest BCUT2D eigenvalue weighted by atomic mass is 19.1. The van der Waals surface area contributed by atoms with Crippen molar-refractivity contribution < 1.29 is 13.9 Å². The molecule has 148 valence electrons. The zero-order valence-corrected chi connectivity index (χ0v) is 16.2. The van der Waals surface area contributed by atoms with Gasteiger partial charge in [-0.05, 0) is 60.6 Å². The van der Waals surface area contributed by atoms with Gasteiger partial charge in [-0.3, -0.25) is 9.69 Å². The fourth-order valence-electron chi connectivity index (χ4n) is 4.02. The van der Waals surface area contributed by atoms with E-state index in [-0.39, 0.29) is 23.6 Å². The first kappa shape index (κ1) is 18.9. The van der Waals surface area contributed by atoms with Crippen LogP contribution in [0.3, 0.4) is 0 Å². The Bertz CT molecular complexity index is 802. The maximum atomic E-state index is 13.4. The van der Waals surface area contributed by atoms with Gasteiger partial charge in [0.15, 0.2) is 0 Å². The molecule has 1 saturated heterocycles. The summed E-state index contributed by atoms with van der Waals surface area (Å²) in [5.74, 6) is 0.963. The summed E-state index contributed by atoms with van der Waals surface area (Å²) >= 11 is 0. The van der Waals surface area contributed by atoms with Crippen LogP contribution in [-0.4, -0.2) is 37.0 Å². The molecule has 2 fully saturated rings. The highest BCUT2D eigenvalue weighted by molar-refractivity contribution is 5.79. The highest BCUT2D eigenvalue weighted by Gasteiger charge is 2.34. The monoisotopic (exact) mass is 382 g/mol. The summed E-state index contributed by atoms with van der Waals surface area (Å²) in [5.41, 5.74) is 2.30. The predicted octanol–water partition coefficient (Wildman–Crippen LogP) is 3.72. The molecule has 4 rings (SSSR count). The average Bonchev–Trinajstić information content (AvgIpc) is 3.53. The Morgan fingerprint density at radius 1 is 1.11 bits per heavy atom. The van der Waals surface area contributed by atoms with E-state index >= 15 is 0 Å².